The summed E-state index contributed by atoms with van der Waals surface area (Å²) in [4.78, 5) is 11.1. The fraction of sp³-hybridized carbons (Fsp3) is 0.900. The third-order valence-corrected chi connectivity index (χ3v) is 2.59. The molecule has 0 bridgehead atoms. The fourth-order valence-electron chi connectivity index (χ4n) is 1.80. The van der Waals surface area contributed by atoms with Gasteiger partial charge in [-0.1, -0.05) is 6.92 Å². The minimum absolute atomic E-state index is 0.0470. The van der Waals surface area contributed by atoms with Gasteiger partial charge in [-0.3, -0.25) is 4.79 Å². The van der Waals surface area contributed by atoms with Gasteiger partial charge in [-0.25, -0.2) is 0 Å². The van der Waals surface area contributed by atoms with E-state index in [1.54, 1.807) is 0 Å². The van der Waals surface area contributed by atoms with Gasteiger partial charge < -0.3 is 14.8 Å². The number of carbonyl (C=O) groups is 1. The van der Waals surface area contributed by atoms with E-state index in [9.17, 15) is 4.79 Å². The first-order chi connectivity index (χ1) is 6.77. The Bertz CT molecular complexity index is 184. The Morgan fingerprint density at radius 2 is 2.43 bits per heavy atom. The third-order valence-electron chi connectivity index (χ3n) is 2.59. The van der Waals surface area contributed by atoms with Gasteiger partial charge in [-0.05, 0) is 12.8 Å². The van der Waals surface area contributed by atoms with Crippen molar-refractivity contribution in [3.63, 3.8) is 0 Å². The maximum absolute atomic E-state index is 11.1. The number of ether oxygens (including phenoxy) is 2. The first kappa shape index (κ1) is 11.5. The summed E-state index contributed by atoms with van der Waals surface area (Å²) < 4.78 is 10.3. The predicted octanol–water partition coefficient (Wildman–Crippen LogP) is 0.564. The first-order valence-corrected chi connectivity index (χ1v) is 5.15. The van der Waals surface area contributed by atoms with Crippen molar-refractivity contribution < 1.29 is 14.3 Å². The molecule has 0 aromatic rings. The average Bonchev–Trinajstić information content (AvgIpc) is 2.62. The highest BCUT2D eigenvalue weighted by molar-refractivity contribution is 5.77. The summed E-state index contributed by atoms with van der Waals surface area (Å²) in [7, 11) is 1.52. The lowest BCUT2D eigenvalue weighted by Crippen LogP contribution is -2.34. The molecule has 2 atom stereocenters. The lowest BCUT2D eigenvalue weighted by Gasteiger charge is -2.16. The van der Waals surface area contributed by atoms with E-state index in [1.165, 1.54) is 7.11 Å². The molecule has 0 aliphatic carbocycles. The molecule has 0 spiro atoms. The van der Waals surface area contributed by atoms with Crippen molar-refractivity contribution >= 4 is 5.91 Å². The number of hydrogen-bond donors (Lipinski definition) is 1. The van der Waals surface area contributed by atoms with Crippen LogP contribution in [0.15, 0.2) is 0 Å². The summed E-state index contributed by atoms with van der Waals surface area (Å²) in [6.45, 7) is 3.79. The summed E-state index contributed by atoms with van der Waals surface area (Å²) in [5.41, 5.74) is 0. The second kappa shape index (κ2) is 5.98. The molecule has 0 radical (unpaired) electrons. The van der Waals surface area contributed by atoms with Crippen LogP contribution >= 0.6 is 0 Å². The highest BCUT2D eigenvalue weighted by Gasteiger charge is 2.26. The van der Waals surface area contributed by atoms with Crippen molar-refractivity contribution in [2.24, 2.45) is 5.92 Å². The molecule has 4 heteroatoms. The molecule has 1 heterocycles. The molecular formula is C10H19NO3. The van der Waals surface area contributed by atoms with E-state index in [4.69, 9.17) is 9.47 Å². The molecule has 2 unspecified atom stereocenters. The van der Waals surface area contributed by atoms with Gasteiger partial charge in [0.1, 0.15) is 6.61 Å². The fourth-order valence-corrected chi connectivity index (χ4v) is 1.80. The molecule has 1 aliphatic rings. The quantitative estimate of drug-likeness (QED) is 0.707. The number of nitrogens with one attached hydrogen (secondary N) is 1. The molecule has 14 heavy (non-hydrogen) atoms. The van der Waals surface area contributed by atoms with Gasteiger partial charge >= 0.3 is 0 Å². The van der Waals surface area contributed by atoms with E-state index in [1.807, 2.05) is 0 Å². The summed E-state index contributed by atoms with van der Waals surface area (Å²) in [6, 6.07) is 0. The largest absolute Gasteiger partial charge is 0.378 e. The van der Waals surface area contributed by atoms with Crippen molar-refractivity contribution in [2.75, 3.05) is 26.9 Å². The van der Waals surface area contributed by atoms with E-state index < -0.39 is 0 Å². The molecule has 0 aromatic heterocycles. The molecule has 1 N–H and O–H groups in total. The average molecular weight is 201 g/mol. The number of rotatable bonds is 5. The summed E-state index contributed by atoms with van der Waals surface area (Å²) >= 11 is 0. The molecule has 4 nitrogen and oxygen atoms in total. The van der Waals surface area contributed by atoms with Crippen molar-refractivity contribution in [3.05, 3.63) is 0 Å². The number of amides is 1. The van der Waals surface area contributed by atoms with Crippen molar-refractivity contribution in [1.29, 1.82) is 0 Å². The van der Waals surface area contributed by atoms with E-state index in [0.29, 0.717) is 18.6 Å². The Hall–Kier alpha value is -0.610. The zero-order valence-electron chi connectivity index (χ0n) is 8.91. The van der Waals surface area contributed by atoms with Gasteiger partial charge in [0.15, 0.2) is 0 Å². The van der Waals surface area contributed by atoms with Crippen molar-refractivity contribution in [3.8, 4) is 0 Å². The van der Waals surface area contributed by atoms with Crippen LogP contribution in [0, 0.1) is 5.92 Å². The smallest absolute Gasteiger partial charge is 0.245 e. The standard InChI is InChI=1S/C10H19NO3/c1-3-9-8(4-5-14-9)6-11-10(12)7-13-2/h8-9H,3-7H2,1-2H3,(H,11,12). The van der Waals surface area contributed by atoms with Gasteiger partial charge in [-0.15, -0.1) is 0 Å². The van der Waals surface area contributed by atoms with Crippen molar-refractivity contribution in [2.45, 2.75) is 25.9 Å². The van der Waals surface area contributed by atoms with Crippen LogP contribution in [0.25, 0.3) is 0 Å². The van der Waals surface area contributed by atoms with Gasteiger partial charge in [0, 0.05) is 26.2 Å². The van der Waals surface area contributed by atoms with E-state index in [0.717, 1.165) is 19.4 Å². The second-order valence-corrected chi connectivity index (χ2v) is 3.60. The molecule has 82 valence electrons. The number of methoxy groups -OCH3 is 1. The highest BCUT2D eigenvalue weighted by Crippen LogP contribution is 2.22. The van der Waals surface area contributed by atoms with Gasteiger partial charge in [0.05, 0.1) is 6.10 Å². The second-order valence-electron chi connectivity index (χ2n) is 3.60. The highest BCUT2D eigenvalue weighted by atomic mass is 16.5. The molecule has 1 fully saturated rings. The summed E-state index contributed by atoms with van der Waals surface area (Å²) in [5.74, 6) is 0.426. The Balaban J connectivity index is 2.20. The topological polar surface area (TPSA) is 47.6 Å². The van der Waals surface area contributed by atoms with Crippen LogP contribution in [0.2, 0.25) is 0 Å². The van der Waals surface area contributed by atoms with Gasteiger partial charge in [0.2, 0.25) is 5.91 Å². The Morgan fingerprint density at radius 3 is 3.07 bits per heavy atom. The molecule has 1 rings (SSSR count). The lowest BCUT2D eigenvalue weighted by atomic mass is 10.00. The van der Waals surface area contributed by atoms with E-state index >= 15 is 0 Å². The number of carbonyl (C=O) groups excluding carboxylic acids is 1. The Kier molecular flexibility index (Phi) is 4.90. The van der Waals surface area contributed by atoms with E-state index in [2.05, 4.69) is 12.2 Å². The maximum atomic E-state index is 11.1. The molecule has 1 amide bonds. The van der Waals surface area contributed by atoms with Crippen LogP contribution < -0.4 is 5.32 Å². The van der Waals surface area contributed by atoms with Crippen LogP contribution in [-0.4, -0.2) is 38.9 Å². The van der Waals surface area contributed by atoms with E-state index in [-0.39, 0.29) is 12.5 Å². The minimum Gasteiger partial charge on any atom is -0.378 e. The molecule has 0 aromatic carbocycles. The first-order valence-electron chi connectivity index (χ1n) is 5.15. The van der Waals surface area contributed by atoms with Gasteiger partial charge in [0.25, 0.3) is 0 Å². The molecular weight excluding hydrogens is 182 g/mol. The SMILES string of the molecule is CCC1OCCC1CNC(=O)COC. The Morgan fingerprint density at radius 1 is 1.64 bits per heavy atom. The Labute approximate surface area is 85.0 Å². The zero-order valence-corrected chi connectivity index (χ0v) is 8.91. The van der Waals surface area contributed by atoms with Crippen LogP contribution in [0.3, 0.4) is 0 Å². The zero-order chi connectivity index (χ0) is 10.4. The van der Waals surface area contributed by atoms with Crippen molar-refractivity contribution in [1.82, 2.24) is 5.32 Å². The summed E-state index contributed by atoms with van der Waals surface area (Å²) in [6.07, 6.45) is 2.38. The normalized spacial score (nSPS) is 26.4. The third kappa shape index (κ3) is 3.27. The molecule has 1 aliphatic heterocycles. The number of hydrogen-bond acceptors (Lipinski definition) is 3. The molecule has 0 saturated carbocycles. The predicted molar refractivity (Wildman–Crippen MR) is 53.0 cm³/mol. The monoisotopic (exact) mass is 201 g/mol. The maximum Gasteiger partial charge on any atom is 0.245 e. The van der Waals surface area contributed by atoms with Crippen LogP contribution in [-0.2, 0) is 14.3 Å². The summed E-state index contributed by atoms with van der Waals surface area (Å²) in [5, 5.41) is 2.85. The van der Waals surface area contributed by atoms with Gasteiger partial charge in [-0.2, -0.15) is 0 Å². The lowest BCUT2D eigenvalue weighted by molar-refractivity contribution is -0.125. The van der Waals surface area contributed by atoms with Crippen LogP contribution in [0.4, 0.5) is 0 Å². The van der Waals surface area contributed by atoms with Crippen LogP contribution in [0.5, 0.6) is 0 Å². The van der Waals surface area contributed by atoms with Crippen LogP contribution in [0.1, 0.15) is 19.8 Å². The molecule has 1 saturated heterocycles. The minimum atomic E-state index is -0.0470.